The summed E-state index contributed by atoms with van der Waals surface area (Å²) in [5, 5.41) is 3.73. The van der Waals surface area contributed by atoms with Crippen LogP contribution in [0.15, 0.2) is 65.6 Å². The number of hydrogen-bond donors (Lipinski definition) is 1. The van der Waals surface area contributed by atoms with E-state index in [1.807, 2.05) is 68.4 Å². The van der Waals surface area contributed by atoms with Crippen LogP contribution in [0.1, 0.15) is 11.1 Å². The average molecular weight is 315 g/mol. The van der Waals surface area contributed by atoms with E-state index in [0.717, 1.165) is 22.4 Å². The summed E-state index contributed by atoms with van der Waals surface area (Å²) in [6.45, 7) is 4.07. The van der Waals surface area contributed by atoms with E-state index in [1.165, 1.54) is 5.56 Å². The molecule has 118 valence electrons. The Bertz CT molecular complexity index is 1070. The second kappa shape index (κ2) is 5.49. The number of aromatic amines is 1. The normalized spacial score (nSPS) is 11.1. The summed E-state index contributed by atoms with van der Waals surface area (Å²) in [7, 11) is 0. The van der Waals surface area contributed by atoms with E-state index >= 15 is 0 Å². The molecule has 0 fully saturated rings. The quantitative estimate of drug-likeness (QED) is 0.608. The zero-order valence-corrected chi connectivity index (χ0v) is 13.6. The molecule has 0 saturated heterocycles. The summed E-state index contributed by atoms with van der Waals surface area (Å²) in [5.74, 6) is 0. The molecule has 4 rings (SSSR count). The van der Waals surface area contributed by atoms with Crippen molar-refractivity contribution in [3.8, 4) is 16.8 Å². The number of hydrogen-bond acceptors (Lipinski definition) is 2. The molecule has 0 bridgehead atoms. The van der Waals surface area contributed by atoms with Gasteiger partial charge in [-0.1, -0.05) is 47.5 Å². The largest absolute Gasteiger partial charge is 0.281 e. The third-order valence-corrected chi connectivity index (χ3v) is 4.24. The van der Waals surface area contributed by atoms with Crippen LogP contribution in [0.2, 0.25) is 0 Å². The van der Waals surface area contributed by atoms with E-state index in [-0.39, 0.29) is 5.56 Å². The molecule has 0 saturated carbocycles. The van der Waals surface area contributed by atoms with Gasteiger partial charge in [0.25, 0.3) is 5.56 Å². The van der Waals surface area contributed by atoms with Crippen LogP contribution < -0.4 is 5.56 Å². The number of benzene rings is 2. The van der Waals surface area contributed by atoms with Crippen LogP contribution in [0, 0.1) is 13.8 Å². The second-order valence-electron chi connectivity index (χ2n) is 6.04. The minimum atomic E-state index is -0.0856. The molecule has 2 aromatic heterocycles. The first-order valence-electron chi connectivity index (χ1n) is 7.87. The molecule has 0 aliphatic heterocycles. The highest BCUT2D eigenvalue weighted by molar-refractivity contribution is 5.92. The van der Waals surface area contributed by atoms with E-state index in [1.54, 1.807) is 10.9 Å². The summed E-state index contributed by atoms with van der Waals surface area (Å²) in [6, 6.07) is 17.9. The number of aryl methyl sites for hydroxylation is 2. The van der Waals surface area contributed by atoms with Crippen LogP contribution in [-0.2, 0) is 0 Å². The highest BCUT2D eigenvalue weighted by atomic mass is 16.1. The van der Waals surface area contributed by atoms with Gasteiger partial charge < -0.3 is 0 Å². The molecule has 0 atom stereocenters. The van der Waals surface area contributed by atoms with Gasteiger partial charge in [-0.25, -0.2) is 9.67 Å². The first-order chi connectivity index (χ1) is 11.6. The van der Waals surface area contributed by atoms with Crippen LogP contribution in [-0.4, -0.2) is 14.8 Å². The fraction of sp³-hybridized carbons (Fsp3) is 0.100. The third-order valence-electron chi connectivity index (χ3n) is 4.24. The van der Waals surface area contributed by atoms with E-state index < -0.39 is 0 Å². The fourth-order valence-corrected chi connectivity index (χ4v) is 2.88. The molecule has 4 heteroatoms. The van der Waals surface area contributed by atoms with Gasteiger partial charge in [0.2, 0.25) is 0 Å². The first-order valence-corrected chi connectivity index (χ1v) is 7.87. The minimum Gasteiger partial charge on any atom is -0.274 e. The number of aromatic nitrogens is 3. The van der Waals surface area contributed by atoms with Crippen LogP contribution >= 0.6 is 0 Å². The Labute approximate surface area is 139 Å². The lowest BCUT2D eigenvalue weighted by Crippen LogP contribution is -2.14. The van der Waals surface area contributed by atoms with Gasteiger partial charge in [0, 0.05) is 6.20 Å². The molecule has 0 radical (unpaired) electrons. The van der Waals surface area contributed by atoms with Crippen LogP contribution in [0.4, 0.5) is 0 Å². The van der Waals surface area contributed by atoms with Crippen LogP contribution in [0.25, 0.3) is 27.8 Å². The van der Waals surface area contributed by atoms with Gasteiger partial charge in [-0.05, 0) is 43.2 Å². The Morgan fingerprint density at radius 1 is 0.875 bits per heavy atom. The van der Waals surface area contributed by atoms with Gasteiger partial charge in [0.05, 0.1) is 11.1 Å². The Kier molecular flexibility index (Phi) is 3.31. The molecular weight excluding hydrogens is 298 g/mol. The Morgan fingerprint density at radius 3 is 2.17 bits per heavy atom. The van der Waals surface area contributed by atoms with Crippen molar-refractivity contribution < 1.29 is 0 Å². The predicted octanol–water partition coefficient (Wildman–Crippen LogP) is 4.00. The summed E-state index contributed by atoms with van der Waals surface area (Å²) in [5.41, 5.74) is 5.57. The van der Waals surface area contributed by atoms with Crippen molar-refractivity contribution in [1.82, 2.24) is 14.8 Å². The molecule has 0 aliphatic rings. The minimum absolute atomic E-state index is 0.0856. The molecular formula is C20H17N3O. The molecule has 0 spiro atoms. The zero-order chi connectivity index (χ0) is 16.7. The molecule has 24 heavy (non-hydrogen) atoms. The van der Waals surface area contributed by atoms with Gasteiger partial charge in [0.1, 0.15) is 0 Å². The maximum absolute atomic E-state index is 13.0. The van der Waals surface area contributed by atoms with E-state index in [0.29, 0.717) is 11.0 Å². The van der Waals surface area contributed by atoms with E-state index in [2.05, 4.69) is 10.1 Å². The molecule has 2 heterocycles. The zero-order valence-electron chi connectivity index (χ0n) is 13.6. The third kappa shape index (κ3) is 2.33. The molecule has 0 amide bonds. The number of nitrogens with one attached hydrogen (secondary N) is 1. The Balaban J connectivity index is 1.96. The number of rotatable bonds is 2. The predicted molar refractivity (Wildman–Crippen MR) is 96.6 cm³/mol. The van der Waals surface area contributed by atoms with E-state index in [4.69, 9.17) is 0 Å². The van der Waals surface area contributed by atoms with Crippen molar-refractivity contribution in [2.24, 2.45) is 0 Å². The highest BCUT2D eigenvalue weighted by Gasteiger charge is 2.14. The van der Waals surface area contributed by atoms with Gasteiger partial charge in [-0.3, -0.25) is 9.89 Å². The van der Waals surface area contributed by atoms with Crippen LogP contribution in [0.3, 0.4) is 0 Å². The number of H-pyrrole nitrogens is 1. The molecule has 4 aromatic rings. The standard InChI is InChI=1S/C20H17N3O/c1-13-3-7-15(8-4-13)17-11-12-21-19-18(17)20(24)23(22-19)16-9-5-14(2)6-10-16/h3-12H,1-2H3,(H,21,22). The van der Waals surface area contributed by atoms with Crippen molar-refractivity contribution in [2.45, 2.75) is 13.8 Å². The van der Waals surface area contributed by atoms with Gasteiger partial charge >= 0.3 is 0 Å². The van der Waals surface area contributed by atoms with Crippen LogP contribution in [0.5, 0.6) is 0 Å². The van der Waals surface area contributed by atoms with Gasteiger partial charge in [-0.15, -0.1) is 0 Å². The molecule has 2 aromatic carbocycles. The Morgan fingerprint density at radius 2 is 1.50 bits per heavy atom. The summed E-state index contributed by atoms with van der Waals surface area (Å²) >= 11 is 0. The van der Waals surface area contributed by atoms with Gasteiger partial charge in [0.15, 0.2) is 5.65 Å². The summed E-state index contributed by atoms with van der Waals surface area (Å²) in [6.07, 6.45) is 1.73. The second-order valence-corrected chi connectivity index (χ2v) is 6.04. The molecule has 4 nitrogen and oxygen atoms in total. The number of pyridine rings is 1. The topological polar surface area (TPSA) is 50.7 Å². The lowest BCUT2D eigenvalue weighted by atomic mass is 10.0. The lowest BCUT2D eigenvalue weighted by molar-refractivity contribution is 0.858. The van der Waals surface area contributed by atoms with E-state index in [9.17, 15) is 4.79 Å². The SMILES string of the molecule is Cc1ccc(-c2ccnc3[nH]n(-c4ccc(C)cc4)c(=O)c23)cc1. The molecule has 0 unspecified atom stereocenters. The molecule has 1 N–H and O–H groups in total. The van der Waals surface area contributed by atoms with Crippen molar-refractivity contribution in [1.29, 1.82) is 0 Å². The van der Waals surface area contributed by atoms with Crippen molar-refractivity contribution in [2.75, 3.05) is 0 Å². The van der Waals surface area contributed by atoms with Crippen molar-refractivity contribution in [3.05, 3.63) is 82.3 Å². The summed E-state index contributed by atoms with van der Waals surface area (Å²) < 4.78 is 1.55. The highest BCUT2D eigenvalue weighted by Crippen LogP contribution is 2.25. The maximum Gasteiger partial charge on any atom is 0.281 e. The monoisotopic (exact) mass is 315 g/mol. The average Bonchev–Trinajstić information content (AvgIpc) is 2.93. The first kappa shape index (κ1) is 14.5. The maximum atomic E-state index is 13.0. The summed E-state index contributed by atoms with van der Waals surface area (Å²) in [4.78, 5) is 17.3. The molecule has 0 aliphatic carbocycles. The van der Waals surface area contributed by atoms with Crippen molar-refractivity contribution >= 4 is 11.0 Å². The number of nitrogens with zero attached hydrogens (tertiary/aromatic N) is 2. The fourth-order valence-electron chi connectivity index (χ4n) is 2.88. The lowest BCUT2D eigenvalue weighted by Gasteiger charge is -2.02. The van der Waals surface area contributed by atoms with Gasteiger partial charge in [-0.2, -0.15) is 0 Å². The number of fused-ring (bicyclic) bond motifs is 1. The Hall–Kier alpha value is -3.14. The van der Waals surface area contributed by atoms with Crippen molar-refractivity contribution in [3.63, 3.8) is 0 Å². The smallest absolute Gasteiger partial charge is 0.274 e.